The van der Waals surface area contributed by atoms with Crippen molar-refractivity contribution in [3.8, 4) is 0 Å². The first-order chi connectivity index (χ1) is 31.7. The van der Waals surface area contributed by atoms with Crippen LogP contribution in [0.2, 0.25) is 0 Å². The van der Waals surface area contributed by atoms with E-state index in [4.69, 9.17) is 9.98 Å². The van der Waals surface area contributed by atoms with Crippen molar-refractivity contribution in [3.63, 3.8) is 0 Å². The molecule has 0 amide bonds. The number of nitrogens with one attached hydrogen (secondary N) is 2. The molecule has 0 unspecified atom stereocenters. The molecule has 3 aliphatic heterocycles. The minimum atomic E-state index is -2.29. The Bertz CT molecular complexity index is 3360. The Kier molecular flexibility index (Phi) is 12.1. The van der Waals surface area contributed by atoms with Gasteiger partial charge in [-0.3, -0.25) is 0 Å². The Morgan fingerprint density at radius 3 is 1.08 bits per heavy atom. The molecule has 3 aliphatic rings. The van der Waals surface area contributed by atoms with E-state index in [2.05, 4.69) is 9.97 Å². The van der Waals surface area contributed by atoms with Crippen molar-refractivity contribution in [1.82, 2.24) is 9.97 Å². The molecular weight excluding hydrogens is 911 g/mol. The van der Waals surface area contributed by atoms with Crippen LogP contribution >= 0.6 is 22.7 Å². The average Bonchev–Trinajstić information content (AvgIpc) is 4.17. The first kappa shape index (κ1) is 45.2. The van der Waals surface area contributed by atoms with Crippen LogP contribution in [0.3, 0.4) is 0 Å². The zero-order valence-corrected chi connectivity index (χ0v) is 37.4. The minimum Gasteiger partial charge on any atom is -0.354 e. The normalized spacial score (nSPS) is 14.6. The van der Waals surface area contributed by atoms with Gasteiger partial charge in [0, 0.05) is 11.1 Å². The summed E-state index contributed by atoms with van der Waals surface area (Å²) in [5, 5.41) is 1.09. The van der Waals surface area contributed by atoms with E-state index < -0.39 is 69.3 Å². The fourth-order valence-corrected chi connectivity index (χ4v) is 10.6. The second-order valence-corrected chi connectivity index (χ2v) is 18.3. The number of hydrogen-bond acceptors (Lipinski definition) is 4. The number of H-pyrrole nitrogens is 2. The Morgan fingerprint density at radius 2 is 0.742 bits per heavy atom. The zero-order chi connectivity index (χ0) is 46.9. The lowest BCUT2D eigenvalue weighted by Crippen LogP contribution is -2.23. The lowest BCUT2D eigenvalue weighted by molar-refractivity contribution is 0.376. The molecule has 2 aromatic carbocycles. The van der Waals surface area contributed by atoms with E-state index in [1.54, 1.807) is 48.6 Å². The number of fused-ring (bicyclic) bond motifs is 10. The molecule has 7 heterocycles. The third kappa shape index (κ3) is 7.36. The van der Waals surface area contributed by atoms with Crippen molar-refractivity contribution in [2.45, 2.75) is 79.1 Å². The van der Waals surface area contributed by atoms with Gasteiger partial charge in [0.15, 0.2) is 46.5 Å². The maximum Gasteiger partial charge on any atom is 0.200 e. The maximum atomic E-state index is 16.2. The van der Waals surface area contributed by atoms with Gasteiger partial charge in [0.1, 0.15) is 0 Å². The van der Waals surface area contributed by atoms with Gasteiger partial charge in [-0.1, -0.05) is 53.4 Å². The molecule has 66 heavy (non-hydrogen) atoms. The molecule has 0 atom stereocenters. The third-order valence-corrected chi connectivity index (χ3v) is 14.0. The molecule has 0 saturated heterocycles. The van der Waals surface area contributed by atoms with Crippen molar-refractivity contribution >= 4 is 56.6 Å². The molecule has 4 aromatic heterocycles. The standard InChI is InChI=1S/C50H38F10N4S2/c1-5-9-21-17-25-29-13-14-30(65-29)27-19-23(11-7-3)49(63-27)36(34-39(53)43(57)46(60)44(58)40(34)54)50-24(12-8-4)20-28(64-50)32-16-15-31(66-32)26-18-22(10-6-2)48(62-26)35(47(21)61-25)33-37(51)41(55)45(59)42(56)38(33)52/h13-20,61,64H,5-12H2,1-4H3. The highest BCUT2D eigenvalue weighted by atomic mass is 32.1. The van der Waals surface area contributed by atoms with Crippen LogP contribution in [0.25, 0.3) is 22.5 Å². The summed E-state index contributed by atoms with van der Waals surface area (Å²) in [6, 6.07) is 10.4. The van der Waals surface area contributed by atoms with E-state index in [1.807, 2.05) is 27.7 Å². The highest BCUT2D eigenvalue weighted by Crippen LogP contribution is 2.36. The summed E-state index contributed by atoms with van der Waals surface area (Å²) in [5.41, 5.74) is -0.135. The van der Waals surface area contributed by atoms with Gasteiger partial charge < -0.3 is 9.97 Å². The van der Waals surface area contributed by atoms with E-state index in [9.17, 15) is 8.78 Å². The number of allylic oxidation sites excluding steroid dienone is 2. The van der Waals surface area contributed by atoms with Crippen LogP contribution in [0.5, 0.6) is 0 Å². The summed E-state index contributed by atoms with van der Waals surface area (Å²) in [6.07, 6.45) is 6.83. The summed E-state index contributed by atoms with van der Waals surface area (Å²) in [7, 11) is 0. The largest absolute Gasteiger partial charge is 0.354 e. The fraction of sp³-hybridized carbons (Fsp3) is 0.240. The van der Waals surface area contributed by atoms with Crippen molar-refractivity contribution in [2.75, 3.05) is 0 Å². The first-order valence-corrected chi connectivity index (χ1v) is 23.1. The van der Waals surface area contributed by atoms with Crippen LogP contribution in [-0.2, 0) is 12.8 Å². The number of halogens is 10. The number of aromatic nitrogens is 2. The van der Waals surface area contributed by atoms with E-state index in [0.29, 0.717) is 114 Å². The highest BCUT2D eigenvalue weighted by molar-refractivity contribution is 7.08. The Balaban J connectivity index is 1.53. The number of hydrogen-bond donors (Lipinski definition) is 2. The summed E-state index contributed by atoms with van der Waals surface area (Å²) in [4.78, 5) is 16.4. The lowest BCUT2D eigenvalue weighted by atomic mass is 9.91. The van der Waals surface area contributed by atoms with Crippen LogP contribution in [0, 0.1) is 77.9 Å². The molecule has 2 N–H and O–H groups in total. The molecule has 0 saturated carbocycles. The lowest BCUT2D eigenvalue weighted by Gasteiger charge is -2.15. The molecule has 6 aromatic rings. The fourth-order valence-electron chi connectivity index (χ4n) is 8.77. The SMILES string of the molecule is CCCC1=CC2=c3ccc(s3)=c3cc(CCC)c([nH]3)=C(c3c(F)c(F)c(F)c(F)c3F)C3=NC(=c4ccc(s4)=c4cc(CCC)c([nH]4)=C(c4c(F)c(F)c(F)c(F)c4F)C1=N2)C=C3CCC. The van der Waals surface area contributed by atoms with Gasteiger partial charge in [0.2, 0.25) is 11.6 Å². The molecule has 16 heteroatoms. The zero-order valence-electron chi connectivity index (χ0n) is 35.8. The topological polar surface area (TPSA) is 56.3 Å². The van der Waals surface area contributed by atoms with E-state index >= 15 is 35.1 Å². The Labute approximate surface area is 377 Å². The molecular formula is C50H38F10N4S2. The summed E-state index contributed by atoms with van der Waals surface area (Å²) >= 11 is 2.43. The molecule has 0 radical (unpaired) electrons. The third-order valence-electron chi connectivity index (χ3n) is 11.7. The van der Waals surface area contributed by atoms with Gasteiger partial charge in [0.05, 0.1) is 73.5 Å². The van der Waals surface area contributed by atoms with Crippen molar-refractivity contribution in [3.05, 3.63) is 180 Å². The van der Waals surface area contributed by atoms with Crippen molar-refractivity contribution in [1.29, 1.82) is 0 Å². The predicted octanol–water partition coefficient (Wildman–Crippen LogP) is 11.0. The van der Waals surface area contributed by atoms with Crippen LogP contribution in [-0.4, -0.2) is 21.4 Å². The number of aromatic amines is 2. The maximum absolute atomic E-state index is 16.2. The second kappa shape index (κ2) is 17.7. The van der Waals surface area contributed by atoms with Crippen LogP contribution < -0.4 is 19.8 Å². The summed E-state index contributed by atoms with van der Waals surface area (Å²) in [6.45, 7) is 7.50. The monoisotopic (exact) mass is 948 g/mol. The Morgan fingerprint density at radius 1 is 0.424 bits per heavy atom. The van der Waals surface area contributed by atoms with Gasteiger partial charge in [0.25, 0.3) is 0 Å². The number of benzene rings is 2. The molecule has 9 rings (SSSR count). The van der Waals surface area contributed by atoms with E-state index in [-0.39, 0.29) is 33.3 Å². The van der Waals surface area contributed by atoms with Crippen molar-refractivity contribution in [2.24, 2.45) is 9.98 Å². The van der Waals surface area contributed by atoms with Crippen LogP contribution in [0.15, 0.2) is 69.7 Å². The summed E-state index contributed by atoms with van der Waals surface area (Å²) < 4.78 is 157. The van der Waals surface area contributed by atoms with Gasteiger partial charge in [-0.05, 0) is 96.5 Å². The van der Waals surface area contributed by atoms with Gasteiger partial charge >= 0.3 is 0 Å². The molecule has 340 valence electrons. The molecule has 0 spiro atoms. The average molecular weight is 949 g/mol. The number of nitrogens with zero attached hydrogens (tertiary/aromatic N) is 2. The van der Waals surface area contributed by atoms with Crippen molar-refractivity contribution < 1.29 is 43.9 Å². The van der Waals surface area contributed by atoms with E-state index in [1.165, 1.54) is 22.7 Å². The van der Waals surface area contributed by atoms with Gasteiger partial charge in [-0.2, -0.15) is 0 Å². The predicted molar refractivity (Wildman–Crippen MR) is 237 cm³/mol. The smallest absolute Gasteiger partial charge is 0.200 e. The second-order valence-electron chi connectivity index (χ2n) is 16.2. The molecule has 12 bridgehead atoms. The number of rotatable bonds is 10. The molecule has 4 nitrogen and oxygen atoms in total. The quantitative estimate of drug-likeness (QED) is 0.0781. The number of aliphatic imine (C=N–C) groups is 2. The number of thiophene rings is 2. The minimum absolute atomic E-state index is 0.0171. The summed E-state index contributed by atoms with van der Waals surface area (Å²) in [5.74, 6) is -21.0. The van der Waals surface area contributed by atoms with Crippen LogP contribution in [0.4, 0.5) is 43.9 Å². The number of aryl methyl sites for hydroxylation is 2. The first-order valence-electron chi connectivity index (χ1n) is 21.5. The Hall–Kier alpha value is -6.00. The highest BCUT2D eigenvalue weighted by Gasteiger charge is 2.35. The van der Waals surface area contributed by atoms with Crippen LogP contribution in [0.1, 0.15) is 88.5 Å². The van der Waals surface area contributed by atoms with Gasteiger partial charge in [-0.15, -0.1) is 22.7 Å². The van der Waals surface area contributed by atoms with Gasteiger partial charge in [-0.25, -0.2) is 53.9 Å². The molecule has 0 fully saturated rings. The molecule has 0 aliphatic carbocycles. The van der Waals surface area contributed by atoms with E-state index in [0.717, 1.165) is 0 Å².